The van der Waals surface area contributed by atoms with Gasteiger partial charge in [0.25, 0.3) is 0 Å². The fourth-order valence-electron chi connectivity index (χ4n) is 3.41. The normalized spacial score (nSPS) is 10.7. The molecule has 0 unspecified atom stereocenters. The predicted molar refractivity (Wildman–Crippen MR) is 121 cm³/mol. The highest BCUT2D eigenvalue weighted by atomic mass is 79.9. The first-order valence-corrected chi connectivity index (χ1v) is 10.3. The molecule has 0 atom stereocenters. The van der Waals surface area contributed by atoms with Crippen molar-refractivity contribution in [3.8, 4) is 22.7 Å². The van der Waals surface area contributed by atoms with Crippen LogP contribution in [0.15, 0.2) is 89.4 Å². The van der Waals surface area contributed by atoms with E-state index in [1.165, 1.54) is 0 Å². The van der Waals surface area contributed by atoms with Gasteiger partial charge in [-0.1, -0.05) is 46.3 Å². The van der Waals surface area contributed by atoms with Gasteiger partial charge in [0.1, 0.15) is 12.4 Å². The van der Waals surface area contributed by atoms with E-state index in [-0.39, 0.29) is 5.56 Å². The van der Waals surface area contributed by atoms with Crippen molar-refractivity contribution in [1.29, 1.82) is 0 Å². The van der Waals surface area contributed by atoms with Crippen LogP contribution in [-0.4, -0.2) is 15.6 Å². The van der Waals surface area contributed by atoms with Crippen LogP contribution in [0.4, 0.5) is 0 Å². The summed E-state index contributed by atoms with van der Waals surface area (Å²) >= 11 is 3.57. The van der Waals surface area contributed by atoms with E-state index < -0.39 is 5.97 Å². The molecule has 150 valence electrons. The summed E-state index contributed by atoms with van der Waals surface area (Å²) in [5, 5.41) is 9.18. The Balaban J connectivity index is 1.74. The maximum Gasteiger partial charge on any atom is 0.335 e. The zero-order valence-corrected chi connectivity index (χ0v) is 18.0. The Morgan fingerprint density at radius 1 is 0.967 bits per heavy atom. The molecule has 5 heteroatoms. The van der Waals surface area contributed by atoms with Crippen LogP contribution in [0.25, 0.3) is 16.9 Å². The molecule has 0 aliphatic heterocycles. The van der Waals surface area contributed by atoms with Crippen molar-refractivity contribution in [3.05, 3.63) is 106 Å². The second-order valence-corrected chi connectivity index (χ2v) is 7.88. The lowest BCUT2D eigenvalue weighted by atomic mass is 10.1. The van der Waals surface area contributed by atoms with Crippen LogP contribution in [0.3, 0.4) is 0 Å². The molecule has 1 heterocycles. The van der Waals surface area contributed by atoms with Gasteiger partial charge in [0, 0.05) is 21.4 Å². The van der Waals surface area contributed by atoms with Gasteiger partial charge in [-0.25, -0.2) is 4.79 Å². The standard InChI is InChI=1S/C25H20BrNO3/c1-17-7-13-23(27(17)21-11-8-19(9-12-21)25(28)29)22-15-20(26)10-14-24(22)30-16-18-5-3-2-4-6-18/h2-15H,16H2,1H3,(H,28,29). The molecule has 0 radical (unpaired) electrons. The number of aromatic nitrogens is 1. The zero-order chi connectivity index (χ0) is 21.1. The fourth-order valence-corrected chi connectivity index (χ4v) is 3.77. The van der Waals surface area contributed by atoms with E-state index in [4.69, 9.17) is 4.74 Å². The molecular formula is C25H20BrNO3. The Labute approximate surface area is 183 Å². The quantitative estimate of drug-likeness (QED) is 0.356. The highest BCUT2D eigenvalue weighted by Crippen LogP contribution is 2.36. The Morgan fingerprint density at radius 2 is 1.70 bits per heavy atom. The number of rotatable bonds is 6. The van der Waals surface area contributed by atoms with E-state index in [1.54, 1.807) is 12.1 Å². The number of benzene rings is 3. The zero-order valence-electron chi connectivity index (χ0n) is 16.4. The van der Waals surface area contributed by atoms with Crippen molar-refractivity contribution >= 4 is 21.9 Å². The molecule has 3 aromatic carbocycles. The van der Waals surface area contributed by atoms with Crippen LogP contribution >= 0.6 is 15.9 Å². The third-order valence-corrected chi connectivity index (χ3v) is 5.40. The van der Waals surface area contributed by atoms with Crippen LogP contribution in [-0.2, 0) is 6.61 Å². The lowest BCUT2D eigenvalue weighted by Gasteiger charge is -2.16. The van der Waals surface area contributed by atoms with Gasteiger partial charge in [-0.3, -0.25) is 0 Å². The van der Waals surface area contributed by atoms with Crippen LogP contribution in [0.1, 0.15) is 21.6 Å². The first-order valence-electron chi connectivity index (χ1n) is 9.51. The van der Waals surface area contributed by atoms with Crippen LogP contribution in [0, 0.1) is 6.92 Å². The number of carboxylic acids is 1. The van der Waals surface area contributed by atoms with Gasteiger partial charge in [-0.05, 0) is 67.1 Å². The van der Waals surface area contributed by atoms with Crippen LogP contribution in [0.5, 0.6) is 5.75 Å². The summed E-state index contributed by atoms with van der Waals surface area (Å²) in [7, 11) is 0. The van der Waals surface area contributed by atoms with Crippen molar-refractivity contribution in [3.63, 3.8) is 0 Å². The third kappa shape index (κ3) is 4.16. The lowest BCUT2D eigenvalue weighted by Crippen LogP contribution is -2.03. The SMILES string of the molecule is Cc1ccc(-c2cc(Br)ccc2OCc2ccccc2)n1-c1ccc(C(=O)O)cc1. The summed E-state index contributed by atoms with van der Waals surface area (Å²) in [5.74, 6) is -0.154. The van der Waals surface area contributed by atoms with Gasteiger partial charge in [0.2, 0.25) is 0 Å². The van der Waals surface area contributed by atoms with Crippen molar-refractivity contribution in [1.82, 2.24) is 4.57 Å². The number of aromatic carboxylic acids is 1. The summed E-state index contributed by atoms with van der Waals surface area (Å²) in [6.45, 7) is 2.50. The number of ether oxygens (including phenoxy) is 1. The number of aryl methyl sites for hydroxylation is 1. The Kier molecular flexibility index (Phi) is 5.72. The Morgan fingerprint density at radius 3 is 2.40 bits per heavy atom. The number of carboxylic acid groups (broad SMARTS) is 1. The number of carbonyl (C=O) groups is 1. The molecular weight excluding hydrogens is 442 g/mol. The molecule has 0 saturated carbocycles. The topological polar surface area (TPSA) is 51.5 Å². The number of halogens is 1. The first kappa shape index (κ1) is 20.0. The van der Waals surface area contributed by atoms with Gasteiger partial charge < -0.3 is 14.4 Å². The minimum atomic E-state index is -0.936. The molecule has 0 aliphatic rings. The smallest absolute Gasteiger partial charge is 0.335 e. The van der Waals surface area contributed by atoms with Crippen molar-refractivity contribution in [2.24, 2.45) is 0 Å². The summed E-state index contributed by atoms with van der Waals surface area (Å²) in [4.78, 5) is 11.2. The van der Waals surface area contributed by atoms with Crippen LogP contribution in [0.2, 0.25) is 0 Å². The first-order chi connectivity index (χ1) is 14.5. The molecule has 4 aromatic rings. The average Bonchev–Trinajstić information content (AvgIpc) is 3.14. The Hall–Kier alpha value is -3.31. The predicted octanol–water partition coefficient (Wildman–Crippen LogP) is 6.49. The van der Waals surface area contributed by atoms with E-state index in [1.807, 2.05) is 73.7 Å². The van der Waals surface area contributed by atoms with Gasteiger partial charge >= 0.3 is 5.97 Å². The van der Waals surface area contributed by atoms with Crippen molar-refractivity contribution in [2.75, 3.05) is 0 Å². The average molecular weight is 462 g/mol. The van der Waals surface area contributed by atoms with Crippen LogP contribution < -0.4 is 4.74 Å². The highest BCUT2D eigenvalue weighted by molar-refractivity contribution is 9.10. The molecule has 0 aliphatic carbocycles. The number of hydrogen-bond acceptors (Lipinski definition) is 2. The molecule has 0 fully saturated rings. The third-order valence-electron chi connectivity index (χ3n) is 4.90. The second-order valence-electron chi connectivity index (χ2n) is 6.96. The summed E-state index contributed by atoms with van der Waals surface area (Å²) in [6.07, 6.45) is 0. The molecule has 1 aromatic heterocycles. The number of hydrogen-bond donors (Lipinski definition) is 1. The second kappa shape index (κ2) is 8.59. The highest BCUT2D eigenvalue weighted by Gasteiger charge is 2.15. The molecule has 4 rings (SSSR count). The molecule has 0 amide bonds. The largest absolute Gasteiger partial charge is 0.488 e. The molecule has 0 saturated heterocycles. The molecule has 0 spiro atoms. The van der Waals surface area contributed by atoms with E-state index in [0.29, 0.717) is 6.61 Å². The summed E-state index contributed by atoms with van der Waals surface area (Å²) in [6, 6.07) is 27.0. The summed E-state index contributed by atoms with van der Waals surface area (Å²) < 4.78 is 9.23. The fraction of sp³-hybridized carbons (Fsp3) is 0.0800. The lowest BCUT2D eigenvalue weighted by molar-refractivity contribution is 0.0697. The Bertz CT molecular complexity index is 1180. The summed E-state index contributed by atoms with van der Waals surface area (Å²) in [5.41, 5.74) is 5.23. The van der Waals surface area contributed by atoms with Crippen molar-refractivity contribution in [2.45, 2.75) is 13.5 Å². The molecule has 1 N–H and O–H groups in total. The molecule has 30 heavy (non-hydrogen) atoms. The minimum absolute atomic E-state index is 0.263. The molecule has 0 bridgehead atoms. The van der Waals surface area contributed by atoms with Gasteiger partial charge in [0.05, 0.1) is 11.3 Å². The maximum atomic E-state index is 11.2. The van der Waals surface area contributed by atoms with Crippen molar-refractivity contribution < 1.29 is 14.6 Å². The number of nitrogens with zero attached hydrogens (tertiary/aromatic N) is 1. The maximum absolute atomic E-state index is 11.2. The van der Waals surface area contributed by atoms with E-state index in [2.05, 4.69) is 26.6 Å². The van der Waals surface area contributed by atoms with Gasteiger partial charge in [-0.2, -0.15) is 0 Å². The van der Waals surface area contributed by atoms with E-state index in [9.17, 15) is 9.90 Å². The van der Waals surface area contributed by atoms with Gasteiger partial charge in [-0.15, -0.1) is 0 Å². The minimum Gasteiger partial charge on any atom is -0.488 e. The monoisotopic (exact) mass is 461 g/mol. The van der Waals surface area contributed by atoms with Gasteiger partial charge in [0.15, 0.2) is 0 Å². The van der Waals surface area contributed by atoms with E-state index >= 15 is 0 Å². The van der Waals surface area contributed by atoms with E-state index in [0.717, 1.165) is 38.4 Å². The molecule has 4 nitrogen and oxygen atoms in total.